The average molecular weight is 417 g/mol. The zero-order valence-corrected chi connectivity index (χ0v) is 16.3. The molecule has 2 aromatic carbocycles. The standard InChI is InChI=1S/C19H19N3O6S/c1-27-16-4-6-17(7-5-16)28-11-10-21-13-14(12-20)19(23)22-15-2-8-18(9-3-15)29(24,25)26/h2-9,13,21H,10-11H2,1H3,(H,22,23)(H,24,25,26)/b14-13-. The molecule has 2 rings (SSSR count). The van der Waals surface area contributed by atoms with E-state index in [4.69, 9.17) is 19.3 Å². The molecule has 0 spiro atoms. The third kappa shape index (κ3) is 6.84. The summed E-state index contributed by atoms with van der Waals surface area (Å²) in [6.45, 7) is 0.661. The number of rotatable bonds is 9. The Morgan fingerprint density at radius 3 is 2.31 bits per heavy atom. The highest BCUT2D eigenvalue weighted by molar-refractivity contribution is 7.85. The number of ether oxygens (including phenoxy) is 2. The van der Waals surface area contributed by atoms with Crippen molar-refractivity contribution in [2.24, 2.45) is 0 Å². The second kappa shape index (κ2) is 10.1. The van der Waals surface area contributed by atoms with Gasteiger partial charge in [-0.15, -0.1) is 0 Å². The second-order valence-corrected chi connectivity index (χ2v) is 7.02. The summed E-state index contributed by atoms with van der Waals surface area (Å²) in [5.41, 5.74) is 0.0969. The van der Waals surface area contributed by atoms with E-state index in [0.717, 1.165) is 17.9 Å². The number of benzene rings is 2. The van der Waals surface area contributed by atoms with Gasteiger partial charge in [0.25, 0.3) is 16.0 Å². The molecule has 0 atom stereocenters. The third-order valence-electron chi connectivity index (χ3n) is 3.60. The zero-order chi connectivity index (χ0) is 21.3. The Balaban J connectivity index is 1.83. The van der Waals surface area contributed by atoms with Crippen LogP contribution in [0.5, 0.6) is 11.5 Å². The van der Waals surface area contributed by atoms with Crippen molar-refractivity contribution < 1.29 is 27.2 Å². The maximum atomic E-state index is 12.1. The smallest absolute Gasteiger partial charge is 0.294 e. The molecule has 152 valence electrons. The van der Waals surface area contributed by atoms with Crippen LogP contribution in [0.25, 0.3) is 0 Å². The summed E-state index contributed by atoms with van der Waals surface area (Å²) in [5.74, 6) is 0.703. The number of hydrogen-bond acceptors (Lipinski definition) is 7. The Morgan fingerprint density at radius 2 is 1.76 bits per heavy atom. The number of nitrogens with one attached hydrogen (secondary N) is 2. The highest BCUT2D eigenvalue weighted by Crippen LogP contribution is 2.17. The predicted molar refractivity (Wildman–Crippen MR) is 105 cm³/mol. The van der Waals surface area contributed by atoms with Gasteiger partial charge >= 0.3 is 0 Å². The van der Waals surface area contributed by atoms with E-state index in [9.17, 15) is 13.2 Å². The average Bonchev–Trinajstić information content (AvgIpc) is 2.70. The molecular formula is C19H19N3O6S. The lowest BCUT2D eigenvalue weighted by atomic mass is 10.2. The van der Waals surface area contributed by atoms with Crippen LogP contribution in [-0.2, 0) is 14.9 Å². The van der Waals surface area contributed by atoms with Gasteiger partial charge in [-0.3, -0.25) is 9.35 Å². The number of anilines is 1. The van der Waals surface area contributed by atoms with Crippen LogP contribution in [0.4, 0.5) is 5.69 Å². The lowest BCUT2D eigenvalue weighted by Crippen LogP contribution is -2.20. The molecule has 9 nitrogen and oxygen atoms in total. The van der Waals surface area contributed by atoms with Gasteiger partial charge in [0.1, 0.15) is 29.7 Å². The molecule has 0 radical (unpaired) electrons. The number of nitrogens with zero attached hydrogens (tertiary/aromatic N) is 1. The Morgan fingerprint density at radius 1 is 1.14 bits per heavy atom. The van der Waals surface area contributed by atoms with Crippen LogP contribution in [0.15, 0.2) is 65.2 Å². The molecule has 0 aliphatic heterocycles. The van der Waals surface area contributed by atoms with Crippen molar-refractivity contribution >= 4 is 21.7 Å². The summed E-state index contributed by atoms with van der Waals surface area (Å²) in [7, 11) is -2.74. The number of methoxy groups -OCH3 is 1. The fraction of sp³-hybridized carbons (Fsp3) is 0.158. The number of carbonyl (C=O) groups is 1. The number of hydrogen-bond donors (Lipinski definition) is 3. The van der Waals surface area contributed by atoms with Crippen molar-refractivity contribution in [3.05, 3.63) is 60.3 Å². The van der Waals surface area contributed by atoms with Gasteiger partial charge in [-0.1, -0.05) is 0 Å². The van der Waals surface area contributed by atoms with Gasteiger partial charge in [-0.05, 0) is 48.5 Å². The summed E-state index contributed by atoms with van der Waals surface area (Å²) in [5, 5.41) is 14.4. The van der Waals surface area contributed by atoms with Gasteiger partial charge < -0.3 is 20.1 Å². The quantitative estimate of drug-likeness (QED) is 0.244. The van der Waals surface area contributed by atoms with Crippen LogP contribution < -0.4 is 20.1 Å². The van der Waals surface area contributed by atoms with E-state index in [1.807, 2.05) is 0 Å². The van der Waals surface area contributed by atoms with E-state index in [2.05, 4.69) is 10.6 Å². The van der Waals surface area contributed by atoms with Crippen LogP contribution in [0.2, 0.25) is 0 Å². The van der Waals surface area contributed by atoms with Gasteiger partial charge in [0.15, 0.2) is 0 Å². The van der Waals surface area contributed by atoms with E-state index in [-0.39, 0.29) is 16.2 Å². The molecule has 0 bridgehead atoms. The molecule has 0 aliphatic carbocycles. The van der Waals surface area contributed by atoms with Gasteiger partial charge in [-0.2, -0.15) is 13.7 Å². The minimum atomic E-state index is -4.31. The minimum Gasteiger partial charge on any atom is -0.497 e. The Hall–Kier alpha value is -3.55. The van der Waals surface area contributed by atoms with Crippen molar-refractivity contribution in [1.29, 1.82) is 5.26 Å². The summed E-state index contributed by atoms with van der Waals surface area (Å²) in [6.07, 6.45) is 1.26. The van der Waals surface area contributed by atoms with Crippen molar-refractivity contribution in [2.75, 3.05) is 25.6 Å². The van der Waals surface area contributed by atoms with Gasteiger partial charge in [0.2, 0.25) is 0 Å². The lowest BCUT2D eigenvalue weighted by molar-refractivity contribution is -0.112. The number of amides is 1. The maximum Gasteiger partial charge on any atom is 0.294 e. The molecule has 0 heterocycles. The molecule has 29 heavy (non-hydrogen) atoms. The van der Waals surface area contributed by atoms with E-state index < -0.39 is 16.0 Å². The van der Waals surface area contributed by atoms with Crippen LogP contribution in [0.3, 0.4) is 0 Å². The number of nitriles is 1. The van der Waals surface area contributed by atoms with Gasteiger partial charge in [-0.25, -0.2) is 0 Å². The first-order chi connectivity index (χ1) is 13.8. The van der Waals surface area contributed by atoms with Crippen molar-refractivity contribution in [3.63, 3.8) is 0 Å². The molecule has 2 aromatic rings. The van der Waals surface area contributed by atoms with Crippen LogP contribution in [0, 0.1) is 11.3 Å². The number of carbonyl (C=O) groups excluding carboxylic acids is 1. The first kappa shape index (κ1) is 21.7. The summed E-state index contributed by atoms with van der Waals surface area (Å²) in [4.78, 5) is 11.8. The van der Waals surface area contributed by atoms with Crippen molar-refractivity contribution in [1.82, 2.24) is 5.32 Å². The fourth-order valence-electron chi connectivity index (χ4n) is 2.13. The maximum absolute atomic E-state index is 12.1. The largest absolute Gasteiger partial charge is 0.497 e. The van der Waals surface area contributed by atoms with E-state index >= 15 is 0 Å². The van der Waals surface area contributed by atoms with Crippen molar-refractivity contribution in [2.45, 2.75) is 4.90 Å². The fourth-order valence-corrected chi connectivity index (χ4v) is 2.61. The third-order valence-corrected chi connectivity index (χ3v) is 4.46. The topological polar surface area (TPSA) is 138 Å². The Labute approximate surface area is 168 Å². The molecule has 3 N–H and O–H groups in total. The molecule has 1 amide bonds. The van der Waals surface area contributed by atoms with Crippen LogP contribution in [-0.4, -0.2) is 39.1 Å². The summed E-state index contributed by atoms with van der Waals surface area (Å²) >= 11 is 0. The van der Waals surface area contributed by atoms with E-state index in [1.165, 1.54) is 18.3 Å². The first-order valence-corrected chi connectivity index (χ1v) is 9.77. The molecule has 0 fully saturated rings. The molecular weight excluding hydrogens is 398 g/mol. The normalized spacial score (nSPS) is 11.3. The SMILES string of the molecule is COc1ccc(OCCN/C=C(/C#N)C(=O)Nc2ccc(S(=O)(=O)O)cc2)cc1. The predicted octanol–water partition coefficient (Wildman–Crippen LogP) is 1.96. The molecule has 0 aliphatic rings. The van der Waals surface area contributed by atoms with Gasteiger partial charge in [0, 0.05) is 18.4 Å². The molecule has 0 saturated heterocycles. The molecule has 0 saturated carbocycles. The van der Waals surface area contributed by atoms with Crippen molar-refractivity contribution in [3.8, 4) is 17.6 Å². The Bertz CT molecular complexity index is 1010. The van der Waals surface area contributed by atoms with Gasteiger partial charge in [0.05, 0.1) is 12.0 Å². The molecule has 10 heteroatoms. The summed E-state index contributed by atoms with van der Waals surface area (Å²) in [6, 6.07) is 13.7. The molecule has 0 aromatic heterocycles. The van der Waals surface area contributed by atoms with E-state index in [0.29, 0.717) is 18.9 Å². The lowest BCUT2D eigenvalue weighted by Gasteiger charge is -2.08. The summed E-state index contributed by atoms with van der Waals surface area (Å²) < 4.78 is 41.5. The molecule has 0 unspecified atom stereocenters. The zero-order valence-electron chi connectivity index (χ0n) is 15.5. The highest BCUT2D eigenvalue weighted by atomic mass is 32.2. The Kier molecular flexibility index (Phi) is 7.59. The second-order valence-electron chi connectivity index (χ2n) is 5.60. The van der Waals surface area contributed by atoms with E-state index in [1.54, 1.807) is 37.4 Å². The highest BCUT2D eigenvalue weighted by Gasteiger charge is 2.11. The monoisotopic (exact) mass is 417 g/mol. The van der Waals surface area contributed by atoms with Crippen LogP contribution >= 0.6 is 0 Å². The van der Waals surface area contributed by atoms with Crippen LogP contribution in [0.1, 0.15) is 0 Å². The minimum absolute atomic E-state index is 0.173. The first-order valence-electron chi connectivity index (χ1n) is 8.33.